The third kappa shape index (κ3) is 2.88. The number of nitrogens with zero attached hydrogens (tertiary/aromatic N) is 1. The first-order chi connectivity index (χ1) is 7.27. The summed E-state index contributed by atoms with van der Waals surface area (Å²) < 4.78 is 0. The van der Waals surface area contributed by atoms with Gasteiger partial charge in [0.1, 0.15) is 0 Å². The SMILES string of the molecule is CC1CCCN(C(=O)C2CSCCN2)C1. The molecule has 2 atom stereocenters. The van der Waals surface area contributed by atoms with Crippen molar-refractivity contribution in [2.45, 2.75) is 25.8 Å². The van der Waals surface area contributed by atoms with Crippen LogP contribution in [0.5, 0.6) is 0 Å². The molecule has 3 nitrogen and oxygen atoms in total. The maximum Gasteiger partial charge on any atom is 0.240 e. The number of rotatable bonds is 1. The van der Waals surface area contributed by atoms with E-state index >= 15 is 0 Å². The Morgan fingerprint density at radius 2 is 2.40 bits per heavy atom. The highest BCUT2D eigenvalue weighted by atomic mass is 32.2. The number of likely N-dealkylation sites (tertiary alicyclic amines) is 1. The van der Waals surface area contributed by atoms with Gasteiger partial charge >= 0.3 is 0 Å². The summed E-state index contributed by atoms with van der Waals surface area (Å²) in [5.41, 5.74) is 0. The molecule has 2 saturated heterocycles. The summed E-state index contributed by atoms with van der Waals surface area (Å²) >= 11 is 1.89. The number of carbonyl (C=O) groups excluding carboxylic acids is 1. The van der Waals surface area contributed by atoms with Crippen LogP contribution < -0.4 is 5.32 Å². The topological polar surface area (TPSA) is 32.3 Å². The predicted octanol–water partition coefficient (Wildman–Crippen LogP) is 0.950. The van der Waals surface area contributed by atoms with Crippen LogP contribution in [0.1, 0.15) is 19.8 Å². The fraction of sp³-hybridized carbons (Fsp3) is 0.909. The van der Waals surface area contributed by atoms with Crippen LogP contribution in [0.4, 0.5) is 0 Å². The number of carbonyl (C=O) groups is 1. The van der Waals surface area contributed by atoms with Crippen molar-refractivity contribution in [3.8, 4) is 0 Å². The number of hydrogen-bond acceptors (Lipinski definition) is 3. The minimum absolute atomic E-state index is 0.0778. The molecule has 2 fully saturated rings. The summed E-state index contributed by atoms with van der Waals surface area (Å²) in [6, 6.07) is 0.0778. The Kier molecular flexibility index (Phi) is 3.92. The second kappa shape index (κ2) is 5.21. The number of piperidine rings is 1. The van der Waals surface area contributed by atoms with Gasteiger partial charge in [0.05, 0.1) is 6.04 Å². The zero-order valence-electron chi connectivity index (χ0n) is 9.37. The van der Waals surface area contributed by atoms with Crippen LogP contribution in [0.25, 0.3) is 0 Å². The van der Waals surface area contributed by atoms with E-state index in [1.807, 2.05) is 11.8 Å². The molecule has 0 aromatic rings. The minimum Gasteiger partial charge on any atom is -0.341 e. The maximum absolute atomic E-state index is 12.1. The maximum atomic E-state index is 12.1. The third-order valence-corrected chi connectivity index (χ3v) is 4.25. The molecule has 86 valence electrons. The molecule has 0 aliphatic carbocycles. The van der Waals surface area contributed by atoms with Gasteiger partial charge in [-0.15, -0.1) is 0 Å². The van der Waals surface area contributed by atoms with E-state index < -0.39 is 0 Å². The molecular formula is C11H20N2OS. The van der Waals surface area contributed by atoms with Gasteiger partial charge in [-0.1, -0.05) is 6.92 Å². The molecule has 4 heteroatoms. The fourth-order valence-corrected chi connectivity index (χ4v) is 3.26. The number of hydrogen-bond donors (Lipinski definition) is 1. The number of thioether (sulfide) groups is 1. The van der Waals surface area contributed by atoms with Gasteiger partial charge < -0.3 is 10.2 Å². The minimum atomic E-state index is 0.0778. The molecule has 0 radical (unpaired) electrons. The Bertz CT molecular complexity index is 229. The monoisotopic (exact) mass is 228 g/mol. The van der Waals surface area contributed by atoms with Crippen molar-refractivity contribution >= 4 is 17.7 Å². The molecule has 15 heavy (non-hydrogen) atoms. The highest BCUT2D eigenvalue weighted by molar-refractivity contribution is 7.99. The molecule has 1 amide bonds. The first-order valence-electron chi connectivity index (χ1n) is 5.87. The Hall–Kier alpha value is -0.220. The largest absolute Gasteiger partial charge is 0.341 e. The lowest BCUT2D eigenvalue weighted by molar-refractivity contribution is -0.134. The zero-order valence-corrected chi connectivity index (χ0v) is 10.2. The third-order valence-electron chi connectivity index (χ3n) is 3.19. The van der Waals surface area contributed by atoms with E-state index in [-0.39, 0.29) is 6.04 Å². The van der Waals surface area contributed by atoms with Crippen molar-refractivity contribution < 1.29 is 4.79 Å². The van der Waals surface area contributed by atoms with Crippen LogP contribution in [0.3, 0.4) is 0 Å². The van der Waals surface area contributed by atoms with Crippen molar-refractivity contribution in [2.75, 3.05) is 31.1 Å². The number of amides is 1. The van der Waals surface area contributed by atoms with Crippen molar-refractivity contribution in [3.63, 3.8) is 0 Å². The van der Waals surface area contributed by atoms with Gasteiger partial charge in [0.15, 0.2) is 0 Å². The van der Waals surface area contributed by atoms with Crippen LogP contribution in [-0.2, 0) is 4.79 Å². The smallest absolute Gasteiger partial charge is 0.240 e. The van der Waals surface area contributed by atoms with Gasteiger partial charge in [0.25, 0.3) is 0 Å². The van der Waals surface area contributed by atoms with Gasteiger partial charge in [-0.25, -0.2) is 0 Å². The molecule has 2 aliphatic rings. The molecule has 0 aromatic heterocycles. The normalized spacial score (nSPS) is 32.7. The molecule has 1 N–H and O–H groups in total. The molecule has 2 unspecified atom stereocenters. The summed E-state index contributed by atoms with van der Waals surface area (Å²) in [5.74, 6) is 3.09. The van der Waals surface area contributed by atoms with Gasteiger partial charge in [0, 0.05) is 31.1 Å². The van der Waals surface area contributed by atoms with E-state index in [0.717, 1.165) is 31.1 Å². The molecule has 0 spiro atoms. The lowest BCUT2D eigenvalue weighted by Gasteiger charge is -2.34. The van der Waals surface area contributed by atoms with Gasteiger partial charge in [-0.2, -0.15) is 11.8 Å². The van der Waals surface area contributed by atoms with Crippen molar-refractivity contribution in [1.82, 2.24) is 10.2 Å². The second-order valence-electron chi connectivity index (χ2n) is 4.61. The van der Waals surface area contributed by atoms with Crippen LogP contribution in [0.2, 0.25) is 0 Å². The highest BCUT2D eigenvalue weighted by Gasteiger charge is 2.28. The van der Waals surface area contributed by atoms with Crippen LogP contribution in [-0.4, -0.2) is 48.0 Å². The van der Waals surface area contributed by atoms with E-state index in [0.29, 0.717) is 11.8 Å². The number of nitrogens with one attached hydrogen (secondary N) is 1. The zero-order chi connectivity index (χ0) is 10.7. The first kappa shape index (κ1) is 11.3. The van der Waals surface area contributed by atoms with E-state index in [9.17, 15) is 4.79 Å². The average molecular weight is 228 g/mol. The Morgan fingerprint density at radius 3 is 3.07 bits per heavy atom. The standard InChI is InChI=1S/C11H20N2OS/c1-9-3-2-5-13(7-9)11(14)10-8-15-6-4-12-10/h9-10,12H,2-8H2,1H3. The molecule has 2 rings (SSSR count). The molecular weight excluding hydrogens is 208 g/mol. The van der Waals surface area contributed by atoms with Gasteiger partial charge in [-0.3, -0.25) is 4.79 Å². The summed E-state index contributed by atoms with van der Waals surface area (Å²) in [4.78, 5) is 14.2. The van der Waals surface area contributed by atoms with Gasteiger partial charge in [0.2, 0.25) is 5.91 Å². The first-order valence-corrected chi connectivity index (χ1v) is 7.03. The van der Waals surface area contributed by atoms with Crippen molar-refractivity contribution in [2.24, 2.45) is 5.92 Å². The molecule has 0 saturated carbocycles. The van der Waals surface area contributed by atoms with E-state index in [1.165, 1.54) is 12.8 Å². The quantitative estimate of drug-likeness (QED) is 0.725. The van der Waals surface area contributed by atoms with Crippen LogP contribution >= 0.6 is 11.8 Å². The highest BCUT2D eigenvalue weighted by Crippen LogP contribution is 2.18. The fourth-order valence-electron chi connectivity index (χ4n) is 2.33. The molecule has 0 bridgehead atoms. The predicted molar refractivity (Wildman–Crippen MR) is 64.1 cm³/mol. The summed E-state index contributed by atoms with van der Waals surface area (Å²) in [7, 11) is 0. The lowest BCUT2D eigenvalue weighted by atomic mass is 10.00. The Balaban J connectivity index is 1.88. The summed E-state index contributed by atoms with van der Waals surface area (Å²) in [6.45, 7) is 5.14. The van der Waals surface area contributed by atoms with E-state index in [1.54, 1.807) is 0 Å². The molecule has 2 heterocycles. The molecule has 0 aromatic carbocycles. The van der Waals surface area contributed by atoms with Gasteiger partial charge in [-0.05, 0) is 18.8 Å². The van der Waals surface area contributed by atoms with Crippen LogP contribution in [0, 0.1) is 5.92 Å². The average Bonchev–Trinajstić information content (AvgIpc) is 2.29. The Labute approximate surface area is 96.0 Å². The van der Waals surface area contributed by atoms with Crippen molar-refractivity contribution in [1.29, 1.82) is 0 Å². The summed E-state index contributed by atoms with van der Waals surface area (Å²) in [6.07, 6.45) is 2.45. The second-order valence-corrected chi connectivity index (χ2v) is 5.76. The summed E-state index contributed by atoms with van der Waals surface area (Å²) in [5, 5.41) is 3.32. The van der Waals surface area contributed by atoms with E-state index in [2.05, 4.69) is 17.1 Å². The lowest BCUT2D eigenvalue weighted by Crippen LogP contribution is -2.52. The van der Waals surface area contributed by atoms with Crippen molar-refractivity contribution in [3.05, 3.63) is 0 Å². The van der Waals surface area contributed by atoms with Crippen LogP contribution in [0.15, 0.2) is 0 Å². The van der Waals surface area contributed by atoms with E-state index in [4.69, 9.17) is 0 Å². The molecule has 2 aliphatic heterocycles. The Morgan fingerprint density at radius 1 is 1.53 bits per heavy atom.